The first-order valence-corrected chi connectivity index (χ1v) is 10.1. The number of fused-ring (bicyclic) bond motifs is 2. The van der Waals surface area contributed by atoms with E-state index in [4.69, 9.17) is 19.2 Å². The summed E-state index contributed by atoms with van der Waals surface area (Å²) in [7, 11) is 1.53. The van der Waals surface area contributed by atoms with E-state index in [0.717, 1.165) is 45.3 Å². The second-order valence-electron chi connectivity index (χ2n) is 7.46. The average Bonchev–Trinajstić information content (AvgIpc) is 3.15. The maximum Gasteiger partial charge on any atom is 0.161 e. The quantitative estimate of drug-likeness (QED) is 0.501. The van der Waals surface area contributed by atoms with Gasteiger partial charge in [0.15, 0.2) is 23.0 Å². The van der Waals surface area contributed by atoms with Crippen molar-refractivity contribution in [2.24, 2.45) is 0 Å². The summed E-state index contributed by atoms with van der Waals surface area (Å²) in [5.41, 5.74) is 4.67. The van der Waals surface area contributed by atoms with Gasteiger partial charge in [-0.05, 0) is 60.5 Å². The number of hydrogen-bond donors (Lipinski definition) is 2. The SMILES string of the molecule is COc1cc(-c2nc3cc(C)ccn3c2NCc2ccc3c(c2)OCCO3)ccc1O. The standard InChI is InChI=1S/C24H23N3O4/c1-15-7-8-27-22(11-15)26-23(17-4-5-18(28)20(13-17)29-2)24(27)25-14-16-3-6-19-21(12-16)31-10-9-30-19/h3-8,11-13,25,28H,9-10,14H2,1-2H3. The Hall–Kier alpha value is -3.87. The first-order valence-electron chi connectivity index (χ1n) is 10.1. The minimum atomic E-state index is 0.0941. The molecule has 0 unspecified atom stereocenters. The van der Waals surface area contributed by atoms with Gasteiger partial charge in [0.2, 0.25) is 0 Å². The van der Waals surface area contributed by atoms with Gasteiger partial charge < -0.3 is 24.6 Å². The second kappa shape index (κ2) is 7.75. The Labute approximate surface area is 179 Å². The normalized spacial score (nSPS) is 12.7. The van der Waals surface area contributed by atoms with Crippen LogP contribution in [0.3, 0.4) is 0 Å². The van der Waals surface area contributed by atoms with Crippen LogP contribution in [0, 0.1) is 6.92 Å². The zero-order valence-corrected chi connectivity index (χ0v) is 17.4. The highest BCUT2D eigenvalue weighted by Crippen LogP contribution is 2.36. The Morgan fingerprint density at radius 2 is 1.90 bits per heavy atom. The molecule has 1 aliphatic heterocycles. The van der Waals surface area contributed by atoms with Gasteiger partial charge in [-0.1, -0.05) is 6.07 Å². The van der Waals surface area contributed by atoms with Crippen LogP contribution >= 0.6 is 0 Å². The van der Waals surface area contributed by atoms with E-state index in [-0.39, 0.29) is 5.75 Å². The Morgan fingerprint density at radius 1 is 1.06 bits per heavy atom. The number of ether oxygens (including phenoxy) is 3. The Bertz CT molecular complexity index is 1270. The van der Waals surface area contributed by atoms with Crippen LogP contribution < -0.4 is 19.5 Å². The van der Waals surface area contributed by atoms with Crippen molar-refractivity contribution in [3.8, 4) is 34.3 Å². The number of nitrogens with one attached hydrogen (secondary N) is 1. The monoisotopic (exact) mass is 417 g/mol. The van der Waals surface area contributed by atoms with Crippen molar-refractivity contribution >= 4 is 11.5 Å². The zero-order valence-electron chi connectivity index (χ0n) is 17.4. The molecule has 0 radical (unpaired) electrons. The molecule has 0 bridgehead atoms. The van der Waals surface area contributed by atoms with Crippen LogP contribution in [0.15, 0.2) is 54.7 Å². The van der Waals surface area contributed by atoms with Gasteiger partial charge in [0.05, 0.1) is 7.11 Å². The van der Waals surface area contributed by atoms with Crippen LogP contribution in [-0.4, -0.2) is 34.8 Å². The van der Waals surface area contributed by atoms with Gasteiger partial charge in [0, 0.05) is 18.3 Å². The Morgan fingerprint density at radius 3 is 2.74 bits per heavy atom. The molecule has 7 nitrogen and oxygen atoms in total. The summed E-state index contributed by atoms with van der Waals surface area (Å²) in [6, 6.07) is 15.3. The van der Waals surface area contributed by atoms with Crippen molar-refractivity contribution in [2.75, 3.05) is 25.6 Å². The molecule has 7 heteroatoms. The predicted octanol–water partition coefficient (Wildman–Crippen LogP) is 4.41. The van der Waals surface area contributed by atoms with Gasteiger partial charge in [0.25, 0.3) is 0 Å². The molecule has 2 N–H and O–H groups in total. The lowest BCUT2D eigenvalue weighted by Crippen LogP contribution is -2.15. The third kappa shape index (κ3) is 3.59. The lowest BCUT2D eigenvalue weighted by Gasteiger charge is -2.19. The molecule has 3 heterocycles. The van der Waals surface area contributed by atoms with Crippen LogP contribution in [0.5, 0.6) is 23.0 Å². The van der Waals surface area contributed by atoms with E-state index in [1.807, 2.05) is 53.9 Å². The fourth-order valence-electron chi connectivity index (χ4n) is 3.73. The first kappa shape index (κ1) is 19.1. The van der Waals surface area contributed by atoms with E-state index in [0.29, 0.717) is 25.5 Å². The van der Waals surface area contributed by atoms with Crippen molar-refractivity contribution in [1.29, 1.82) is 0 Å². The van der Waals surface area contributed by atoms with Crippen molar-refractivity contribution in [3.63, 3.8) is 0 Å². The second-order valence-corrected chi connectivity index (χ2v) is 7.46. The number of pyridine rings is 1. The number of nitrogens with zero attached hydrogens (tertiary/aromatic N) is 2. The molecule has 1 aliphatic rings. The minimum absolute atomic E-state index is 0.0941. The number of benzene rings is 2. The number of phenolic OH excluding ortho intramolecular Hbond substituents is 1. The maximum absolute atomic E-state index is 9.99. The van der Waals surface area contributed by atoms with Gasteiger partial charge in [-0.15, -0.1) is 0 Å². The van der Waals surface area contributed by atoms with Crippen LogP contribution in [0.1, 0.15) is 11.1 Å². The summed E-state index contributed by atoms with van der Waals surface area (Å²) in [4.78, 5) is 4.85. The van der Waals surface area contributed by atoms with Crippen molar-refractivity contribution in [1.82, 2.24) is 9.38 Å². The van der Waals surface area contributed by atoms with Crippen LogP contribution in [0.25, 0.3) is 16.9 Å². The number of aromatic nitrogens is 2. The molecule has 158 valence electrons. The summed E-state index contributed by atoms with van der Waals surface area (Å²) in [6.07, 6.45) is 2.00. The highest BCUT2D eigenvalue weighted by Gasteiger charge is 2.17. The number of hydrogen-bond acceptors (Lipinski definition) is 6. The summed E-state index contributed by atoms with van der Waals surface area (Å²) < 4.78 is 18.6. The van der Waals surface area contributed by atoms with Gasteiger partial charge in [0.1, 0.15) is 30.4 Å². The molecule has 0 saturated carbocycles. The highest BCUT2D eigenvalue weighted by atomic mass is 16.6. The smallest absolute Gasteiger partial charge is 0.161 e. The number of rotatable bonds is 5. The van der Waals surface area contributed by atoms with Crippen LogP contribution in [0.4, 0.5) is 5.82 Å². The predicted molar refractivity (Wildman–Crippen MR) is 118 cm³/mol. The molecule has 0 atom stereocenters. The molecule has 0 saturated heterocycles. The largest absolute Gasteiger partial charge is 0.504 e. The molecule has 5 rings (SSSR count). The van der Waals surface area contributed by atoms with Crippen LogP contribution in [0.2, 0.25) is 0 Å². The Balaban J connectivity index is 1.53. The van der Waals surface area contributed by atoms with Gasteiger partial charge in [-0.3, -0.25) is 4.40 Å². The number of aromatic hydroxyl groups is 1. The minimum Gasteiger partial charge on any atom is -0.504 e. The molecular weight excluding hydrogens is 394 g/mol. The molecule has 0 fully saturated rings. The van der Waals surface area contributed by atoms with E-state index >= 15 is 0 Å². The maximum atomic E-state index is 9.99. The number of methoxy groups -OCH3 is 1. The molecule has 0 spiro atoms. The first-order chi connectivity index (χ1) is 15.1. The van der Waals surface area contributed by atoms with Crippen molar-refractivity contribution in [3.05, 3.63) is 65.9 Å². The molecule has 0 amide bonds. The lowest BCUT2D eigenvalue weighted by atomic mass is 10.1. The number of phenols is 1. The summed E-state index contributed by atoms with van der Waals surface area (Å²) in [5, 5.41) is 13.5. The fourth-order valence-corrected chi connectivity index (χ4v) is 3.73. The zero-order chi connectivity index (χ0) is 21.4. The van der Waals surface area contributed by atoms with Gasteiger partial charge >= 0.3 is 0 Å². The number of imidazole rings is 1. The number of anilines is 1. The molecule has 2 aromatic carbocycles. The molecular formula is C24H23N3O4. The van der Waals surface area contributed by atoms with Crippen molar-refractivity contribution < 1.29 is 19.3 Å². The van der Waals surface area contributed by atoms with E-state index in [2.05, 4.69) is 5.32 Å². The van der Waals surface area contributed by atoms with E-state index in [1.54, 1.807) is 12.1 Å². The van der Waals surface area contributed by atoms with Gasteiger partial charge in [-0.25, -0.2) is 4.98 Å². The summed E-state index contributed by atoms with van der Waals surface area (Å²) in [6.45, 7) is 3.76. The molecule has 0 aliphatic carbocycles. The Kier molecular flexibility index (Phi) is 4.78. The van der Waals surface area contributed by atoms with Crippen LogP contribution in [-0.2, 0) is 6.54 Å². The highest BCUT2D eigenvalue weighted by molar-refractivity contribution is 5.78. The third-order valence-electron chi connectivity index (χ3n) is 5.30. The lowest BCUT2D eigenvalue weighted by molar-refractivity contribution is 0.171. The van der Waals surface area contributed by atoms with E-state index in [9.17, 15) is 5.11 Å². The molecule has 2 aromatic heterocycles. The molecule has 4 aromatic rings. The van der Waals surface area contributed by atoms with E-state index in [1.165, 1.54) is 7.11 Å². The fraction of sp³-hybridized carbons (Fsp3) is 0.208. The summed E-state index contributed by atoms with van der Waals surface area (Å²) >= 11 is 0. The topological polar surface area (TPSA) is 77.3 Å². The van der Waals surface area contributed by atoms with Crippen molar-refractivity contribution in [2.45, 2.75) is 13.5 Å². The van der Waals surface area contributed by atoms with E-state index < -0.39 is 0 Å². The van der Waals surface area contributed by atoms with Gasteiger partial charge in [-0.2, -0.15) is 0 Å². The third-order valence-corrected chi connectivity index (χ3v) is 5.30. The average molecular weight is 417 g/mol. The summed E-state index contributed by atoms with van der Waals surface area (Å²) in [5.74, 6) is 2.90. The molecule has 31 heavy (non-hydrogen) atoms. The number of aryl methyl sites for hydroxylation is 1.